The Hall–Kier alpha value is -2.11. The van der Waals surface area contributed by atoms with Crippen LogP contribution in [0.3, 0.4) is 0 Å². The molecule has 6 heteroatoms. The van der Waals surface area contributed by atoms with Gasteiger partial charge >= 0.3 is 5.97 Å². The molecule has 110 valence electrons. The lowest BCUT2D eigenvalue weighted by atomic mass is 9.95. The molecule has 0 saturated carbocycles. The molecule has 1 unspecified atom stereocenters. The minimum absolute atomic E-state index is 0.148. The number of halogens is 1. The van der Waals surface area contributed by atoms with Crippen molar-refractivity contribution in [1.82, 2.24) is 0 Å². The summed E-state index contributed by atoms with van der Waals surface area (Å²) in [5, 5.41) is 13.0. The molecule has 0 amide bonds. The summed E-state index contributed by atoms with van der Waals surface area (Å²) in [5.41, 5.74) is 1.26. The number of ether oxygens (including phenoxy) is 1. The normalized spacial score (nSPS) is 12.8. The Morgan fingerprint density at radius 2 is 2.05 bits per heavy atom. The third-order valence-corrected chi connectivity index (χ3v) is 2.74. The lowest BCUT2D eigenvalue weighted by Gasteiger charge is -2.14. The van der Waals surface area contributed by atoms with Crippen molar-refractivity contribution >= 4 is 11.7 Å². The van der Waals surface area contributed by atoms with Gasteiger partial charge in [-0.05, 0) is 31.0 Å². The van der Waals surface area contributed by atoms with E-state index in [-0.39, 0.29) is 12.4 Å². The van der Waals surface area contributed by atoms with Gasteiger partial charge in [0.15, 0.2) is 0 Å². The Bertz CT molecular complexity index is 459. The largest absolute Gasteiger partial charge is 0.508 e. The van der Waals surface area contributed by atoms with Gasteiger partial charge in [-0.15, -0.1) is 0 Å². The topological polar surface area (TPSA) is 68.1 Å². The average Bonchev–Trinajstić information content (AvgIpc) is 2.46. The second-order valence-corrected chi connectivity index (χ2v) is 4.20. The second-order valence-electron chi connectivity index (χ2n) is 4.20. The van der Waals surface area contributed by atoms with Gasteiger partial charge in [-0.2, -0.15) is 0 Å². The highest BCUT2D eigenvalue weighted by molar-refractivity contribution is 6.00. The first-order chi connectivity index (χ1) is 9.58. The van der Waals surface area contributed by atoms with Crippen LogP contribution in [0.4, 0.5) is 4.39 Å². The number of oxime groups is 1. The third kappa shape index (κ3) is 4.87. The van der Waals surface area contributed by atoms with Crippen molar-refractivity contribution < 1.29 is 23.9 Å². The monoisotopic (exact) mass is 283 g/mol. The van der Waals surface area contributed by atoms with Crippen LogP contribution in [0.15, 0.2) is 29.4 Å². The van der Waals surface area contributed by atoms with E-state index in [1.54, 1.807) is 19.1 Å². The fraction of sp³-hybridized carbons (Fsp3) is 0.429. The van der Waals surface area contributed by atoms with Gasteiger partial charge in [0.05, 0.1) is 12.8 Å². The molecule has 0 heterocycles. The van der Waals surface area contributed by atoms with Gasteiger partial charge in [-0.25, -0.2) is 4.39 Å². The number of hydrogen-bond acceptors (Lipinski definition) is 5. The SMILES string of the molecule is COC(=O)C(Cc1ccc(O)cc1)C(C)=NOCCF. The molecule has 0 aromatic heterocycles. The third-order valence-electron chi connectivity index (χ3n) is 2.74. The standard InChI is InChI=1S/C14H18FNO4/c1-10(16-20-8-7-15)13(14(18)19-2)9-11-3-5-12(17)6-4-11/h3-6,13,17H,7-9H2,1-2H3. The first-order valence-electron chi connectivity index (χ1n) is 6.16. The Morgan fingerprint density at radius 3 is 2.60 bits per heavy atom. The zero-order chi connectivity index (χ0) is 15.0. The maximum Gasteiger partial charge on any atom is 0.314 e. The number of carbonyl (C=O) groups excluding carboxylic acids is 1. The van der Waals surface area contributed by atoms with Crippen LogP contribution in [0.25, 0.3) is 0 Å². The van der Waals surface area contributed by atoms with E-state index in [1.807, 2.05) is 0 Å². The molecule has 0 aliphatic heterocycles. The van der Waals surface area contributed by atoms with Crippen LogP contribution >= 0.6 is 0 Å². The molecule has 1 aromatic carbocycles. The number of carbonyl (C=O) groups is 1. The van der Waals surface area contributed by atoms with Gasteiger partial charge in [0, 0.05) is 0 Å². The molecule has 0 bridgehead atoms. The summed E-state index contributed by atoms with van der Waals surface area (Å²) in [6.45, 7) is 0.836. The van der Waals surface area contributed by atoms with Crippen molar-refractivity contribution in [2.24, 2.45) is 11.1 Å². The summed E-state index contributed by atoms with van der Waals surface area (Å²) in [7, 11) is 1.29. The molecule has 1 rings (SSSR count). The van der Waals surface area contributed by atoms with Gasteiger partial charge < -0.3 is 14.7 Å². The lowest BCUT2D eigenvalue weighted by Crippen LogP contribution is -2.26. The minimum atomic E-state index is -0.641. The van der Waals surface area contributed by atoms with Crippen LogP contribution in [0.2, 0.25) is 0 Å². The molecule has 1 atom stereocenters. The lowest BCUT2D eigenvalue weighted by molar-refractivity contribution is -0.143. The number of phenols is 1. The van der Waals surface area contributed by atoms with Crippen molar-refractivity contribution in [3.8, 4) is 5.75 Å². The predicted octanol–water partition coefficient (Wildman–Crippen LogP) is 2.09. The molecule has 20 heavy (non-hydrogen) atoms. The van der Waals surface area contributed by atoms with Crippen LogP contribution in [0.1, 0.15) is 12.5 Å². The van der Waals surface area contributed by atoms with E-state index < -0.39 is 18.6 Å². The van der Waals surface area contributed by atoms with Gasteiger partial charge in [-0.1, -0.05) is 17.3 Å². The molecule has 0 saturated heterocycles. The van der Waals surface area contributed by atoms with Gasteiger partial charge in [-0.3, -0.25) is 4.79 Å². The fourth-order valence-corrected chi connectivity index (χ4v) is 1.66. The zero-order valence-electron chi connectivity index (χ0n) is 11.5. The summed E-state index contributed by atoms with van der Waals surface area (Å²) in [5.74, 6) is -0.896. The smallest absolute Gasteiger partial charge is 0.314 e. The maximum atomic E-state index is 11.9. The first-order valence-corrected chi connectivity index (χ1v) is 6.16. The number of methoxy groups -OCH3 is 1. The molecular formula is C14H18FNO4. The van der Waals surface area contributed by atoms with Gasteiger partial charge in [0.2, 0.25) is 0 Å². The van der Waals surface area contributed by atoms with Crippen LogP contribution < -0.4 is 0 Å². The number of nitrogens with zero attached hydrogens (tertiary/aromatic N) is 1. The molecule has 1 N–H and O–H groups in total. The van der Waals surface area contributed by atoms with E-state index in [9.17, 15) is 14.3 Å². The molecular weight excluding hydrogens is 265 g/mol. The maximum absolute atomic E-state index is 11.9. The number of aromatic hydroxyl groups is 1. The molecule has 0 radical (unpaired) electrons. The molecule has 0 aliphatic rings. The van der Waals surface area contributed by atoms with Crippen molar-refractivity contribution in [2.75, 3.05) is 20.4 Å². The highest BCUT2D eigenvalue weighted by Gasteiger charge is 2.23. The highest BCUT2D eigenvalue weighted by Crippen LogP contribution is 2.16. The van der Waals surface area contributed by atoms with Crippen LogP contribution in [0, 0.1) is 5.92 Å². The average molecular weight is 283 g/mol. The van der Waals surface area contributed by atoms with E-state index in [1.165, 1.54) is 19.2 Å². The van der Waals surface area contributed by atoms with Crippen LogP contribution in [-0.2, 0) is 20.8 Å². The highest BCUT2D eigenvalue weighted by atomic mass is 19.1. The van der Waals surface area contributed by atoms with Crippen molar-refractivity contribution in [3.05, 3.63) is 29.8 Å². The number of rotatable bonds is 7. The summed E-state index contributed by atoms with van der Waals surface area (Å²) in [6, 6.07) is 6.49. The zero-order valence-corrected chi connectivity index (χ0v) is 11.5. The number of hydrogen-bond donors (Lipinski definition) is 1. The van der Waals surface area contributed by atoms with Crippen molar-refractivity contribution in [2.45, 2.75) is 13.3 Å². The minimum Gasteiger partial charge on any atom is -0.508 e. The Balaban J connectivity index is 2.81. The Morgan fingerprint density at radius 1 is 1.40 bits per heavy atom. The Labute approximate surface area is 117 Å². The van der Waals surface area contributed by atoms with E-state index in [0.29, 0.717) is 12.1 Å². The van der Waals surface area contributed by atoms with Crippen molar-refractivity contribution in [3.63, 3.8) is 0 Å². The summed E-state index contributed by atoms with van der Waals surface area (Å²) < 4.78 is 16.7. The number of alkyl halides is 1. The van der Waals surface area contributed by atoms with Crippen LogP contribution in [0.5, 0.6) is 5.75 Å². The number of benzene rings is 1. The van der Waals surface area contributed by atoms with Gasteiger partial charge in [0.25, 0.3) is 0 Å². The van der Waals surface area contributed by atoms with Crippen LogP contribution in [-0.4, -0.2) is 37.2 Å². The van der Waals surface area contributed by atoms with E-state index in [4.69, 9.17) is 9.57 Å². The van der Waals surface area contributed by atoms with E-state index in [0.717, 1.165) is 5.56 Å². The summed E-state index contributed by atoms with van der Waals surface area (Å²) in [6.07, 6.45) is 0.362. The quantitative estimate of drug-likeness (QED) is 0.360. The van der Waals surface area contributed by atoms with E-state index in [2.05, 4.69) is 5.16 Å². The Kier molecular flexibility index (Phi) is 6.49. The molecule has 0 spiro atoms. The molecule has 1 aromatic rings. The van der Waals surface area contributed by atoms with Gasteiger partial charge in [0.1, 0.15) is 24.9 Å². The predicted molar refractivity (Wildman–Crippen MR) is 72.4 cm³/mol. The summed E-state index contributed by atoms with van der Waals surface area (Å²) >= 11 is 0. The van der Waals surface area contributed by atoms with Crippen molar-refractivity contribution in [1.29, 1.82) is 0 Å². The number of esters is 1. The fourth-order valence-electron chi connectivity index (χ4n) is 1.66. The molecule has 0 fully saturated rings. The van der Waals surface area contributed by atoms with E-state index >= 15 is 0 Å². The summed E-state index contributed by atoms with van der Waals surface area (Å²) in [4.78, 5) is 16.5. The molecule has 5 nitrogen and oxygen atoms in total. The second kappa shape index (κ2) is 8.14. The first kappa shape index (κ1) is 15.9. The molecule has 0 aliphatic carbocycles. The number of phenolic OH excluding ortho intramolecular Hbond substituents is 1.